The molecule has 1 aliphatic carbocycles. The second-order valence-corrected chi connectivity index (χ2v) is 8.80. The maximum absolute atomic E-state index is 13.5. The lowest BCUT2D eigenvalue weighted by Gasteiger charge is -2.25. The zero-order valence-corrected chi connectivity index (χ0v) is 17.2. The predicted molar refractivity (Wildman–Crippen MR) is 114 cm³/mol. The van der Waals surface area contributed by atoms with Crippen molar-refractivity contribution in [2.75, 3.05) is 38.2 Å². The number of thiophene rings is 1. The largest absolute Gasteiger partial charge is 0.379 e. The molecule has 5 rings (SSSR count). The van der Waals surface area contributed by atoms with Crippen LogP contribution in [-0.4, -0.2) is 47.7 Å². The molecule has 2 aliphatic rings. The highest BCUT2D eigenvalue weighted by molar-refractivity contribution is 7.19. The van der Waals surface area contributed by atoms with Crippen LogP contribution in [0.25, 0.3) is 10.2 Å². The molecule has 1 fully saturated rings. The first kappa shape index (κ1) is 18.9. The molecule has 0 amide bonds. The zero-order chi connectivity index (χ0) is 19.6. The number of morpholine rings is 1. The monoisotopic (exact) mass is 412 g/mol. The van der Waals surface area contributed by atoms with E-state index < -0.39 is 0 Å². The standard InChI is InChI=1S/C22H25FN4OS/c23-16-4-1-3-15(13-16)7-8-24-21-20-17-5-2-6-18(17)29-22(20)26-19(25-21)14-27-9-11-28-12-10-27/h1,3-4,13H,2,5-12,14H2,(H,24,25,26). The number of halogens is 1. The van der Waals surface area contributed by atoms with Crippen molar-refractivity contribution in [1.82, 2.24) is 14.9 Å². The van der Waals surface area contributed by atoms with Crippen LogP contribution in [0, 0.1) is 5.82 Å². The van der Waals surface area contributed by atoms with Crippen LogP contribution in [0.1, 0.15) is 28.2 Å². The molecule has 0 spiro atoms. The van der Waals surface area contributed by atoms with Crippen LogP contribution < -0.4 is 5.32 Å². The van der Waals surface area contributed by atoms with Crippen LogP contribution in [0.15, 0.2) is 24.3 Å². The molecule has 7 heteroatoms. The molecule has 0 radical (unpaired) electrons. The van der Waals surface area contributed by atoms with Crippen molar-refractivity contribution in [3.63, 3.8) is 0 Å². The molecule has 152 valence electrons. The van der Waals surface area contributed by atoms with Gasteiger partial charge in [0.2, 0.25) is 0 Å². The third-order valence-electron chi connectivity index (χ3n) is 5.67. The first-order valence-corrected chi connectivity index (χ1v) is 11.2. The molecular weight excluding hydrogens is 387 g/mol. The van der Waals surface area contributed by atoms with E-state index in [9.17, 15) is 4.39 Å². The van der Waals surface area contributed by atoms with E-state index in [0.717, 1.165) is 80.7 Å². The summed E-state index contributed by atoms with van der Waals surface area (Å²) in [5, 5.41) is 4.74. The molecule has 5 nitrogen and oxygen atoms in total. The number of benzene rings is 1. The highest BCUT2D eigenvalue weighted by Crippen LogP contribution is 2.39. The van der Waals surface area contributed by atoms with Crippen LogP contribution in [0.3, 0.4) is 0 Å². The van der Waals surface area contributed by atoms with Crippen molar-refractivity contribution in [2.24, 2.45) is 0 Å². The average Bonchev–Trinajstić information content (AvgIpc) is 3.30. The van der Waals surface area contributed by atoms with Gasteiger partial charge in [0.05, 0.1) is 25.1 Å². The summed E-state index contributed by atoms with van der Waals surface area (Å²) in [6, 6.07) is 6.81. The first-order chi connectivity index (χ1) is 14.3. The average molecular weight is 413 g/mol. The molecule has 1 N–H and O–H groups in total. The van der Waals surface area contributed by atoms with Crippen molar-refractivity contribution in [2.45, 2.75) is 32.2 Å². The van der Waals surface area contributed by atoms with Gasteiger partial charge in [-0.15, -0.1) is 11.3 Å². The number of ether oxygens (including phenoxy) is 1. The van der Waals surface area contributed by atoms with Crippen LogP contribution in [0.4, 0.5) is 10.2 Å². The summed E-state index contributed by atoms with van der Waals surface area (Å²) >= 11 is 1.82. The summed E-state index contributed by atoms with van der Waals surface area (Å²) < 4.78 is 18.9. The molecule has 0 atom stereocenters. The van der Waals surface area contributed by atoms with E-state index in [2.05, 4.69) is 10.2 Å². The minimum Gasteiger partial charge on any atom is -0.379 e. The summed E-state index contributed by atoms with van der Waals surface area (Å²) in [4.78, 5) is 14.7. The van der Waals surface area contributed by atoms with Crippen LogP contribution in [0.5, 0.6) is 0 Å². The number of hydrogen-bond donors (Lipinski definition) is 1. The van der Waals surface area contributed by atoms with Crippen molar-refractivity contribution < 1.29 is 9.13 Å². The van der Waals surface area contributed by atoms with Gasteiger partial charge in [-0.1, -0.05) is 12.1 Å². The fraction of sp³-hybridized carbons (Fsp3) is 0.455. The summed E-state index contributed by atoms with van der Waals surface area (Å²) in [7, 11) is 0. The van der Waals surface area contributed by atoms with E-state index in [4.69, 9.17) is 14.7 Å². The zero-order valence-electron chi connectivity index (χ0n) is 16.4. The van der Waals surface area contributed by atoms with Gasteiger partial charge in [0.1, 0.15) is 22.3 Å². The van der Waals surface area contributed by atoms with E-state index in [1.807, 2.05) is 17.4 Å². The Hall–Kier alpha value is -2.09. The molecule has 3 aromatic rings. The molecule has 1 aromatic carbocycles. The number of nitrogens with zero attached hydrogens (tertiary/aromatic N) is 3. The lowest BCUT2D eigenvalue weighted by molar-refractivity contribution is 0.0331. The number of anilines is 1. The van der Waals surface area contributed by atoms with Crippen molar-refractivity contribution in [1.29, 1.82) is 0 Å². The molecule has 0 unspecified atom stereocenters. The number of fused-ring (bicyclic) bond motifs is 3. The maximum atomic E-state index is 13.5. The first-order valence-electron chi connectivity index (χ1n) is 10.4. The molecule has 1 aliphatic heterocycles. The second-order valence-electron chi connectivity index (χ2n) is 7.72. The predicted octanol–water partition coefficient (Wildman–Crippen LogP) is 3.81. The third-order valence-corrected chi connectivity index (χ3v) is 6.86. The van der Waals surface area contributed by atoms with Gasteiger partial charge in [-0.3, -0.25) is 4.90 Å². The molecular formula is C22H25FN4OS. The van der Waals surface area contributed by atoms with E-state index >= 15 is 0 Å². The number of rotatable bonds is 6. The molecule has 2 aromatic heterocycles. The quantitative estimate of drug-likeness (QED) is 0.667. The van der Waals surface area contributed by atoms with Crippen LogP contribution in [-0.2, 0) is 30.5 Å². The fourth-order valence-electron chi connectivity index (χ4n) is 4.22. The molecule has 0 bridgehead atoms. The Labute approximate surface area is 173 Å². The Balaban J connectivity index is 1.40. The van der Waals surface area contributed by atoms with Gasteiger partial charge in [-0.2, -0.15) is 0 Å². The van der Waals surface area contributed by atoms with Crippen molar-refractivity contribution >= 4 is 27.4 Å². The summed E-state index contributed by atoms with van der Waals surface area (Å²) in [6.07, 6.45) is 4.24. The van der Waals surface area contributed by atoms with Crippen LogP contribution in [0.2, 0.25) is 0 Å². The number of hydrogen-bond acceptors (Lipinski definition) is 6. The van der Waals surface area contributed by atoms with Crippen LogP contribution >= 0.6 is 11.3 Å². The van der Waals surface area contributed by atoms with Gasteiger partial charge in [0.15, 0.2) is 0 Å². The minimum atomic E-state index is -0.185. The Morgan fingerprint density at radius 2 is 2.07 bits per heavy atom. The Morgan fingerprint density at radius 3 is 2.93 bits per heavy atom. The maximum Gasteiger partial charge on any atom is 0.146 e. The van der Waals surface area contributed by atoms with E-state index in [-0.39, 0.29) is 5.82 Å². The third kappa shape index (κ3) is 4.13. The van der Waals surface area contributed by atoms with E-state index in [0.29, 0.717) is 0 Å². The molecule has 1 saturated heterocycles. The number of aromatic nitrogens is 2. The van der Waals surface area contributed by atoms with Crippen molar-refractivity contribution in [3.8, 4) is 0 Å². The Bertz CT molecular complexity index is 1020. The highest BCUT2D eigenvalue weighted by atomic mass is 32.1. The minimum absolute atomic E-state index is 0.185. The lowest BCUT2D eigenvalue weighted by atomic mass is 10.1. The lowest BCUT2D eigenvalue weighted by Crippen LogP contribution is -2.36. The summed E-state index contributed by atoms with van der Waals surface area (Å²) in [6.45, 7) is 4.86. The highest BCUT2D eigenvalue weighted by Gasteiger charge is 2.23. The summed E-state index contributed by atoms with van der Waals surface area (Å²) in [5.41, 5.74) is 2.42. The van der Waals surface area contributed by atoms with Crippen molar-refractivity contribution in [3.05, 3.63) is 51.9 Å². The van der Waals surface area contributed by atoms with Gasteiger partial charge in [0.25, 0.3) is 0 Å². The number of nitrogens with one attached hydrogen (secondary N) is 1. The van der Waals surface area contributed by atoms with Gasteiger partial charge in [-0.25, -0.2) is 14.4 Å². The fourth-order valence-corrected chi connectivity index (χ4v) is 5.50. The summed E-state index contributed by atoms with van der Waals surface area (Å²) in [5.74, 6) is 1.62. The Kier molecular flexibility index (Phi) is 5.44. The SMILES string of the molecule is Fc1cccc(CCNc2nc(CN3CCOCC3)nc3sc4c(c23)CCC4)c1. The van der Waals surface area contributed by atoms with Gasteiger partial charge in [0, 0.05) is 24.5 Å². The number of aryl methyl sites for hydroxylation is 2. The van der Waals surface area contributed by atoms with E-state index in [1.54, 1.807) is 12.1 Å². The van der Waals surface area contributed by atoms with E-state index in [1.165, 1.54) is 28.3 Å². The Morgan fingerprint density at radius 1 is 1.17 bits per heavy atom. The normalized spacial score (nSPS) is 17.0. The molecule has 29 heavy (non-hydrogen) atoms. The molecule has 0 saturated carbocycles. The second kappa shape index (κ2) is 8.34. The topological polar surface area (TPSA) is 50.3 Å². The molecule has 3 heterocycles. The smallest absolute Gasteiger partial charge is 0.146 e. The van der Waals surface area contributed by atoms with Gasteiger partial charge in [-0.05, 0) is 48.9 Å². The van der Waals surface area contributed by atoms with Gasteiger partial charge < -0.3 is 10.1 Å². The van der Waals surface area contributed by atoms with Gasteiger partial charge >= 0.3 is 0 Å².